The molecule has 0 saturated carbocycles. The molecular weight excluding hydrogens is 208 g/mol. The van der Waals surface area contributed by atoms with Crippen molar-refractivity contribution in [3.63, 3.8) is 0 Å². The van der Waals surface area contributed by atoms with E-state index in [1.165, 1.54) is 6.08 Å². The monoisotopic (exact) mass is 216 g/mol. The third kappa shape index (κ3) is 2.86. The summed E-state index contributed by atoms with van der Waals surface area (Å²) in [4.78, 5) is 0.288. The second-order valence-electron chi connectivity index (χ2n) is 2.38. The molecule has 70 valence electrons. The number of alkyl halides is 1. The molecular formula is C9H9ClO2S. The van der Waals surface area contributed by atoms with E-state index in [1.807, 2.05) is 0 Å². The minimum Gasteiger partial charge on any atom is -0.219 e. The summed E-state index contributed by atoms with van der Waals surface area (Å²) >= 11 is 5.34. The van der Waals surface area contributed by atoms with Gasteiger partial charge in [-0.05, 0) is 12.1 Å². The average Bonchev–Trinajstić information content (AvgIpc) is 2.16. The van der Waals surface area contributed by atoms with Gasteiger partial charge in [0, 0.05) is 11.3 Å². The minimum absolute atomic E-state index is 0.200. The minimum atomic E-state index is -3.29. The number of benzene rings is 1. The number of halogens is 1. The largest absolute Gasteiger partial charge is 0.219 e. The molecule has 0 saturated heterocycles. The molecule has 0 fully saturated rings. The van der Waals surface area contributed by atoms with Gasteiger partial charge in [0.05, 0.1) is 4.90 Å². The summed E-state index contributed by atoms with van der Waals surface area (Å²) in [6.45, 7) is 0. The second kappa shape index (κ2) is 4.44. The van der Waals surface area contributed by atoms with E-state index in [9.17, 15) is 8.42 Å². The Morgan fingerprint density at radius 3 is 2.38 bits per heavy atom. The van der Waals surface area contributed by atoms with Gasteiger partial charge in [0.1, 0.15) is 0 Å². The van der Waals surface area contributed by atoms with Crippen LogP contribution in [0, 0.1) is 0 Å². The maximum absolute atomic E-state index is 11.4. The van der Waals surface area contributed by atoms with Crippen LogP contribution >= 0.6 is 11.6 Å². The van der Waals surface area contributed by atoms with Crippen LogP contribution in [0.4, 0.5) is 0 Å². The lowest BCUT2D eigenvalue weighted by Crippen LogP contribution is -1.95. The van der Waals surface area contributed by atoms with Gasteiger partial charge in [-0.3, -0.25) is 0 Å². The smallest absolute Gasteiger partial charge is 0.199 e. The zero-order valence-corrected chi connectivity index (χ0v) is 8.42. The van der Waals surface area contributed by atoms with Gasteiger partial charge in [0.2, 0.25) is 0 Å². The number of rotatable bonds is 3. The fraction of sp³-hybridized carbons (Fsp3) is 0.111. The molecule has 0 N–H and O–H groups in total. The summed E-state index contributed by atoms with van der Waals surface area (Å²) in [6.07, 6.45) is 1.41. The van der Waals surface area contributed by atoms with Crippen LogP contribution in [0.2, 0.25) is 0 Å². The molecule has 4 heteroatoms. The van der Waals surface area contributed by atoms with Crippen LogP contribution < -0.4 is 0 Å². The molecule has 0 aromatic heterocycles. The Bertz CT molecular complexity index is 381. The van der Waals surface area contributed by atoms with Gasteiger partial charge < -0.3 is 0 Å². The molecule has 0 radical (unpaired) electrons. The van der Waals surface area contributed by atoms with E-state index in [1.54, 1.807) is 30.3 Å². The summed E-state index contributed by atoms with van der Waals surface area (Å²) in [5, 5.41) is 1.12. The Morgan fingerprint density at radius 2 is 1.85 bits per heavy atom. The van der Waals surface area contributed by atoms with Crippen molar-refractivity contribution in [3.8, 4) is 0 Å². The molecule has 1 aromatic carbocycles. The van der Waals surface area contributed by atoms with Crippen LogP contribution in [-0.2, 0) is 9.84 Å². The molecule has 13 heavy (non-hydrogen) atoms. The van der Waals surface area contributed by atoms with Gasteiger partial charge in [0.25, 0.3) is 0 Å². The van der Waals surface area contributed by atoms with E-state index in [0.717, 1.165) is 5.41 Å². The summed E-state index contributed by atoms with van der Waals surface area (Å²) < 4.78 is 22.9. The van der Waals surface area contributed by atoms with Crippen LogP contribution in [0.5, 0.6) is 0 Å². The van der Waals surface area contributed by atoms with E-state index in [-0.39, 0.29) is 10.8 Å². The van der Waals surface area contributed by atoms with E-state index in [4.69, 9.17) is 11.6 Å². The summed E-state index contributed by atoms with van der Waals surface area (Å²) in [7, 11) is -3.29. The van der Waals surface area contributed by atoms with Crippen LogP contribution in [-0.4, -0.2) is 14.3 Å². The number of allylic oxidation sites excluding steroid dienone is 1. The van der Waals surface area contributed by atoms with Gasteiger partial charge >= 0.3 is 0 Å². The molecule has 1 rings (SSSR count). The predicted octanol–water partition coefficient (Wildman–Crippen LogP) is 2.21. The van der Waals surface area contributed by atoms with Crippen molar-refractivity contribution in [2.75, 3.05) is 5.88 Å². The van der Waals surface area contributed by atoms with Crippen molar-refractivity contribution < 1.29 is 8.42 Å². The van der Waals surface area contributed by atoms with Crippen LogP contribution in [0.3, 0.4) is 0 Å². The van der Waals surface area contributed by atoms with Gasteiger partial charge in [-0.15, -0.1) is 11.6 Å². The van der Waals surface area contributed by atoms with E-state index in [2.05, 4.69) is 0 Å². The van der Waals surface area contributed by atoms with Crippen molar-refractivity contribution in [1.82, 2.24) is 0 Å². The highest BCUT2D eigenvalue weighted by atomic mass is 35.5. The van der Waals surface area contributed by atoms with Crippen molar-refractivity contribution in [1.29, 1.82) is 0 Å². The highest BCUT2D eigenvalue weighted by molar-refractivity contribution is 7.94. The average molecular weight is 217 g/mol. The lowest BCUT2D eigenvalue weighted by Gasteiger charge is -1.96. The van der Waals surface area contributed by atoms with Gasteiger partial charge in [-0.1, -0.05) is 24.3 Å². The molecule has 0 amide bonds. The Labute approximate surface area is 82.8 Å². The zero-order valence-electron chi connectivity index (χ0n) is 6.85. The van der Waals surface area contributed by atoms with Crippen LogP contribution in [0.1, 0.15) is 0 Å². The van der Waals surface area contributed by atoms with E-state index < -0.39 is 9.84 Å². The van der Waals surface area contributed by atoms with Gasteiger partial charge in [0.15, 0.2) is 9.84 Å². The molecule has 0 atom stereocenters. The normalized spacial score (nSPS) is 12.1. The maximum Gasteiger partial charge on any atom is 0.199 e. The standard InChI is InChI=1S/C9H9ClO2S/c10-7-4-8-13(11,12)9-5-2-1-3-6-9/h1-6,8H,7H2. The molecule has 0 aliphatic carbocycles. The molecule has 0 aliphatic heterocycles. The zero-order chi connectivity index (χ0) is 9.73. The van der Waals surface area contributed by atoms with Gasteiger partial charge in [-0.25, -0.2) is 8.42 Å². The predicted molar refractivity (Wildman–Crippen MR) is 53.5 cm³/mol. The first-order valence-electron chi connectivity index (χ1n) is 3.69. The first-order valence-corrected chi connectivity index (χ1v) is 5.77. The molecule has 1 aromatic rings. The second-order valence-corrected chi connectivity index (χ2v) is 4.53. The fourth-order valence-corrected chi connectivity index (χ4v) is 2.09. The summed E-state index contributed by atoms with van der Waals surface area (Å²) in [5.41, 5.74) is 0. The van der Waals surface area contributed by atoms with E-state index in [0.29, 0.717) is 0 Å². The molecule has 0 bridgehead atoms. The Hall–Kier alpha value is -0.800. The van der Waals surface area contributed by atoms with Gasteiger partial charge in [-0.2, -0.15) is 0 Å². The number of sulfone groups is 1. The SMILES string of the molecule is O=S(=O)(C=CCCl)c1ccccc1. The fourth-order valence-electron chi connectivity index (χ4n) is 0.852. The Morgan fingerprint density at radius 1 is 1.23 bits per heavy atom. The molecule has 2 nitrogen and oxygen atoms in total. The number of hydrogen-bond acceptors (Lipinski definition) is 2. The van der Waals surface area contributed by atoms with Crippen molar-refractivity contribution >= 4 is 21.4 Å². The first-order chi connectivity index (χ1) is 6.17. The van der Waals surface area contributed by atoms with Crippen LogP contribution in [0.15, 0.2) is 46.7 Å². The molecule has 0 unspecified atom stereocenters. The van der Waals surface area contributed by atoms with Crippen molar-refractivity contribution in [3.05, 3.63) is 41.8 Å². The summed E-state index contributed by atoms with van der Waals surface area (Å²) in [6, 6.07) is 8.23. The third-order valence-electron chi connectivity index (χ3n) is 1.44. The van der Waals surface area contributed by atoms with Crippen molar-refractivity contribution in [2.45, 2.75) is 4.90 Å². The molecule has 0 aliphatic rings. The maximum atomic E-state index is 11.4. The Balaban J connectivity index is 3.02. The first kappa shape index (κ1) is 10.3. The van der Waals surface area contributed by atoms with Crippen LogP contribution in [0.25, 0.3) is 0 Å². The number of hydrogen-bond donors (Lipinski definition) is 0. The molecule has 0 spiro atoms. The Kier molecular flexibility index (Phi) is 3.51. The lowest BCUT2D eigenvalue weighted by molar-refractivity contribution is 0.604. The topological polar surface area (TPSA) is 34.1 Å². The van der Waals surface area contributed by atoms with E-state index >= 15 is 0 Å². The highest BCUT2D eigenvalue weighted by Gasteiger charge is 2.07. The quantitative estimate of drug-likeness (QED) is 0.726. The highest BCUT2D eigenvalue weighted by Crippen LogP contribution is 2.10. The third-order valence-corrected chi connectivity index (χ3v) is 3.09. The van der Waals surface area contributed by atoms with Crippen molar-refractivity contribution in [2.24, 2.45) is 0 Å². The molecule has 0 heterocycles. The lowest BCUT2D eigenvalue weighted by atomic mass is 10.4. The summed E-state index contributed by atoms with van der Waals surface area (Å²) in [5.74, 6) is 0.200.